The highest BCUT2D eigenvalue weighted by Gasteiger charge is 2.34. The number of amides is 5. The molecule has 6 unspecified atom stereocenters. The van der Waals surface area contributed by atoms with Gasteiger partial charge in [-0.15, -0.1) is 0 Å². The van der Waals surface area contributed by atoms with E-state index in [4.69, 9.17) is 14.2 Å². The quantitative estimate of drug-likeness (QED) is 0.0186. The van der Waals surface area contributed by atoms with Crippen LogP contribution in [0.4, 0.5) is 0 Å². The van der Waals surface area contributed by atoms with Crippen molar-refractivity contribution in [1.29, 1.82) is 0 Å². The molecule has 0 aliphatic heterocycles. The summed E-state index contributed by atoms with van der Waals surface area (Å²) in [6.45, 7) is 1.58. The fraction of sp³-hybridized carbons (Fsp3) is 0.500. The fourth-order valence-corrected chi connectivity index (χ4v) is 7.68. The predicted octanol–water partition coefficient (Wildman–Crippen LogP) is -1.09. The van der Waals surface area contributed by atoms with Crippen LogP contribution in [-0.2, 0) is 77.2 Å². The molecular weight excluding hydrogens is 983 g/mol. The molecule has 3 rings (SSSR count). The smallest absolute Gasteiger partial charge is 0.326 e. The molecule has 76 heavy (non-hydrogen) atoms. The van der Waals surface area contributed by atoms with Crippen molar-refractivity contribution in [3.05, 3.63) is 108 Å². The standard InChI is InChI=1S/C54H77N9O13/c55-31-13-10-22-40(58)49(67)59-41(23-11-14-32-56)50(68)60-42(24-12-15-33-57)51(69)61-43(25-28-46(64)74-34-37-16-4-1-5-17-37)52(70)62-44(26-29-47(65)75-35-38-18-6-2-7-19-38)53(71)63-45(54(72)73)27-30-48(66)76-36-39-20-8-3-9-21-39/h1-9,16-21,40-45H,10-15,22-36,55-58H2,(H,59,67)(H,60,68)(H,61,69)(H,62,70)(H,63,71)(H,72,73)/p+4. The molecule has 0 radical (unpaired) electrons. The Labute approximate surface area is 443 Å². The van der Waals surface area contributed by atoms with E-state index in [1.807, 2.05) is 0 Å². The first-order chi connectivity index (χ1) is 36.6. The van der Waals surface area contributed by atoms with Crippen LogP contribution in [0.2, 0.25) is 0 Å². The summed E-state index contributed by atoms with van der Waals surface area (Å²) in [5.41, 5.74) is 17.6. The van der Waals surface area contributed by atoms with Crippen molar-refractivity contribution in [2.75, 3.05) is 19.6 Å². The highest BCUT2D eigenvalue weighted by molar-refractivity contribution is 5.96. The lowest BCUT2D eigenvalue weighted by Crippen LogP contribution is -2.69. The molecule has 0 heterocycles. The molecule has 5 amide bonds. The largest absolute Gasteiger partial charge is 0.480 e. The van der Waals surface area contributed by atoms with Crippen LogP contribution in [-0.4, -0.2) is 114 Å². The van der Waals surface area contributed by atoms with Crippen molar-refractivity contribution in [1.82, 2.24) is 26.6 Å². The molecule has 0 saturated heterocycles. The Bertz CT molecular complexity index is 2260. The molecular formula is C54H81N9O13+4. The first kappa shape index (κ1) is 63.0. The molecule has 3 aromatic carbocycles. The van der Waals surface area contributed by atoms with Crippen LogP contribution in [0.3, 0.4) is 0 Å². The minimum atomic E-state index is -1.65. The second-order valence-corrected chi connectivity index (χ2v) is 18.4. The molecule has 0 bridgehead atoms. The van der Waals surface area contributed by atoms with Crippen LogP contribution in [0.25, 0.3) is 0 Å². The Hall–Kier alpha value is -7.27. The fourth-order valence-electron chi connectivity index (χ4n) is 7.68. The van der Waals surface area contributed by atoms with Crippen molar-refractivity contribution in [2.45, 2.75) is 152 Å². The normalized spacial score (nSPS) is 13.3. The molecule has 0 aromatic heterocycles. The van der Waals surface area contributed by atoms with Gasteiger partial charge >= 0.3 is 23.9 Å². The van der Waals surface area contributed by atoms with E-state index in [0.717, 1.165) is 12.8 Å². The molecule has 0 saturated carbocycles. The number of rotatable bonds is 38. The van der Waals surface area contributed by atoms with Crippen molar-refractivity contribution in [2.24, 2.45) is 0 Å². The summed E-state index contributed by atoms with van der Waals surface area (Å²) in [6.07, 6.45) is 2.15. The van der Waals surface area contributed by atoms with Gasteiger partial charge < -0.3 is 68.8 Å². The molecule has 0 fully saturated rings. The number of esters is 3. The van der Waals surface area contributed by atoms with Crippen LogP contribution >= 0.6 is 0 Å². The molecule has 0 aliphatic rings. The number of benzene rings is 3. The molecule has 416 valence electrons. The number of hydrogen-bond acceptors (Lipinski definition) is 12. The molecule has 22 nitrogen and oxygen atoms in total. The number of carbonyl (C=O) groups excluding carboxylic acids is 8. The van der Waals surface area contributed by atoms with Gasteiger partial charge in [0.2, 0.25) is 23.6 Å². The Kier molecular flexibility index (Phi) is 30.4. The van der Waals surface area contributed by atoms with E-state index in [1.54, 1.807) is 91.0 Å². The summed E-state index contributed by atoms with van der Waals surface area (Å²) < 4.78 is 16.2. The summed E-state index contributed by atoms with van der Waals surface area (Å²) in [6, 6.07) is 18.7. The zero-order valence-corrected chi connectivity index (χ0v) is 43.6. The molecule has 18 N–H and O–H groups in total. The van der Waals surface area contributed by atoms with E-state index in [9.17, 15) is 48.3 Å². The molecule has 0 aliphatic carbocycles. The summed E-state index contributed by atoms with van der Waals surface area (Å²) >= 11 is 0. The van der Waals surface area contributed by atoms with Gasteiger partial charge in [0.05, 0.1) is 19.6 Å². The SMILES string of the molecule is [NH3+]CCCCC([NH3+])C(=O)NC(CCCC[NH3+])C(=O)NC(CCCC[NH3+])C(=O)NC(CCC(=O)OCc1ccccc1)C(=O)NC(CCC(=O)OCc1ccccc1)C(=O)NC(CCC(=O)OCc1ccccc1)C(=O)O. The van der Waals surface area contributed by atoms with Gasteiger partial charge in [-0.05, 0) is 87.3 Å². The van der Waals surface area contributed by atoms with E-state index in [0.29, 0.717) is 68.4 Å². The third kappa shape index (κ3) is 25.8. The summed E-state index contributed by atoms with van der Waals surface area (Å²) in [5, 5.41) is 23.3. The Morgan fingerprint density at radius 3 is 0.974 bits per heavy atom. The molecule has 3 aromatic rings. The van der Waals surface area contributed by atoms with E-state index in [2.05, 4.69) is 49.5 Å². The van der Waals surface area contributed by atoms with Crippen molar-refractivity contribution >= 4 is 53.4 Å². The number of carboxylic acids is 1. The number of aliphatic carboxylic acids is 1. The Balaban J connectivity index is 1.91. The van der Waals surface area contributed by atoms with E-state index in [1.165, 1.54) is 0 Å². The monoisotopic (exact) mass is 1060 g/mol. The van der Waals surface area contributed by atoms with Crippen LogP contribution in [0.5, 0.6) is 0 Å². The average Bonchev–Trinajstić information content (AvgIpc) is 3.42. The maximum atomic E-state index is 14.5. The number of unbranched alkanes of at least 4 members (excludes halogenated alkanes) is 3. The van der Waals surface area contributed by atoms with Gasteiger partial charge in [-0.3, -0.25) is 38.4 Å². The first-order valence-corrected chi connectivity index (χ1v) is 26.2. The molecule has 0 spiro atoms. The van der Waals surface area contributed by atoms with Gasteiger partial charge in [0.25, 0.3) is 5.91 Å². The second-order valence-electron chi connectivity index (χ2n) is 18.4. The number of nitrogens with one attached hydrogen (secondary N) is 5. The van der Waals surface area contributed by atoms with Gasteiger partial charge in [-0.1, -0.05) is 91.0 Å². The first-order valence-electron chi connectivity index (χ1n) is 26.2. The van der Waals surface area contributed by atoms with Crippen molar-refractivity contribution < 1.29 is 85.4 Å². The lowest BCUT2D eigenvalue weighted by Gasteiger charge is -2.27. The molecule has 6 atom stereocenters. The van der Waals surface area contributed by atoms with Crippen LogP contribution in [0, 0.1) is 0 Å². The Morgan fingerprint density at radius 1 is 0.382 bits per heavy atom. The summed E-state index contributed by atoms with van der Waals surface area (Å²) in [7, 11) is 0. The second kappa shape index (κ2) is 36.6. The van der Waals surface area contributed by atoms with Gasteiger partial charge in [0.1, 0.15) is 50.0 Å². The third-order valence-electron chi connectivity index (χ3n) is 12.2. The lowest BCUT2D eigenvalue weighted by molar-refractivity contribution is -0.406. The maximum Gasteiger partial charge on any atom is 0.326 e. The van der Waals surface area contributed by atoms with Crippen LogP contribution in [0.15, 0.2) is 91.0 Å². The highest BCUT2D eigenvalue weighted by atomic mass is 16.5. The molecule has 22 heteroatoms. The van der Waals surface area contributed by atoms with Crippen molar-refractivity contribution in [3.8, 4) is 0 Å². The van der Waals surface area contributed by atoms with Gasteiger partial charge in [0.15, 0.2) is 6.04 Å². The lowest BCUT2D eigenvalue weighted by atomic mass is 10.0. The minimum absolute atomic E-state index is 0.0606. The maximum absolute atomic E-state index is 14.5. The zero-order chi connectivity index (χ0) is 55.5. The van der Waals surface area contributed by atoms with E-state index >= 15 is 0 Å². The van der Waals surface area contributed by atoms with Gasteiger partial charge in [-0.2, -0.15) is 0 Å². The zero-order valence-electron chi connectivity index (χ0n) is 43.6. The minimum Gasteiger partial charge on any atom is -0.480 e. The Morgan fingerprint density at radius 2 is 0.658 bits per heavy atom. The number of quaternary nitrogens is 4. The number of hydrogen-bond donors (Lipinski definition) is 10. The number of carbonyl (C=O) groups is 9. The topological polar surface area (TPSA) is 372 Å². The van der Waals surface area contributed by atoms with E-state index < -0.39 is 122 Å². The predicted molar refractivity (Wildman–Crippen MR) is 275 cm³/mol. The number of carboxylic acid groups (broad SMARTS) is 1. The van der Waals surface area contributed by atoms with Crippen LogP contribution in [0.1, 0.15) is 113 Å². The third-order valence-corrected chi connectivity index (χ3v) is 12.2. The van der Waals surface area contributed by atoms with E-state index in [-0.39, 0.29) is 39.1 Å². The highest BCUT2D eigenvalue weighted by Crippen LogP contribution is 2.13. The number of ether oxygens (including phenoxy) is 3. The van der Waals surface area contributed by atoms with Gasteiger partial charge in [0, 0.05) is 25.7 Å². The van der Waals surface area contributed by atoms with Crippen molar-refractivity contribution in [3.63, 3.8) is 0 Å². The van der Waals surface area contributed by atoms with Crippen LogP contribution < -0.4 is 49.5 Å². The summed E-state index contributed by atoms with van der Waals surface area (Å²) in [5.74, 6) is -7.64. The average molecular weight is 1060 g/mol. The summed E-state index contributed by atoms with van der Waals surface area (Å²) in [4.78, 5) is 122. The van der Waals surface area contributed by atoms with Gasteiger partial charge in [-0.25, -0.2) is 4.79 Å².